The summed E-state index contributed by atoms with van der Waals surface area (Å²) in [6.07, 6.45) is -0.464. The van der Waals surface area contributed by atoms with Crippen LogP contribution in [0.1, 0.15) is 37.3 Å². The largest absolute Gasteiger partial charge is 0.497 e. The van der Waals surface area contributed by atoms with Gasteiger partial charge in [-0.25, -0.2) is 0 Å². The average Bonchev–Trinajstić information content (AvgIpc) is 2.77. The Morgan fingerprint density at radius 2 is 1.77 bits per heavy atom. The zero-order valence-corrected chi connectivity index (χ0v) is 17.9. The number of carbonyl (C=O) groups is 1. The second-order valence-electron chi connectivity index (χ2n) is 8.07. The molecule has 1 aliphatic rings. The van der Waals surface area contributed by atoms with E-state index in [0.717, 1.165) is 50.6 Å². The predicted molar refractivity (Wildman–Crippen MR) is 115 cm³/mol. The van der Waals surface area contributed by atoms with Gasteiger partial charge in [0.25, 0.3) is 0 Å². The van der Waals surface area contributed by atoms with Crippen LogP contribution >= 0.6 is 0 Å². The molecule has 0 spiro atoms. The zero-order valence-electron chi connectivity index (χ0n) is 17.9. The number of aryl methyl sites for hydroxylation is 1. The second kappa shape index (κ2) is 10.2. The van der Waals surface area contributed by atoms with Crippen molar-refractivity contribution in [2.75, 3.05) is 25.5 Å². The molecule has 1 fully saturated rings. The van der Waals surface area contributed by atoms with E-state index in [1.54, 1.807) is 14.0 Å². The summed E-state index contributed by atoms with van der Waals surface area (Å²) in [7, 11) is 1.65. The van der Waals surface area contributed by atoms with Crippen molar-refractivity contribution in [1.82, 2.24) is 4.90 Å². The molecule has 0 aromatic heterocycles. The third-order valence-corrected chi connectivity index (χ3v) is 6.07. The molecule has 168 valence electrons. The number of rotatable bonds is 7. The topological polar surface area (TPSA) is 41.6 Å². The maximum Gasteiger partial charge on any atom is 0.418 e. The van der Waals surface area contributed by atoms with Crippen molar-refractivity contribution in [1.29, 1.82) is 0 Å². The highest BCUT2D eigenvalue weighted by atomic mass is 19.4. The lowest BCUT2D eigenvalue weighted by molar-refractivity contribution is -0.137. The number of amides is 1. The third-order valence-electron chi connectivity index (χ3n) is 6.07. The molecular weight excluding hydrogens is 405 g/mol. The highest BCUT2D eigenvalue weighted by molar-refractivity contribution is 5.95. The minimum absolute atomic E-state index is 0.193. The van der Waals surface area contributed by atoms with Gasteiger partial charge < -0.3 is 10.1 Å². The first kappa shape index (κ1) is 23.1. The van der Waals surface area contributed by atoms with E-state index in [4.69, 9.17) is 4.74 Å². The number of para-hydroxylation sites is 1. The molecule has 1 aliphatic heterocycles. The van der Waals surface area contributed by atoms with Crippen molar-refractivity contribution < 1.29 is 22.7 Å². The van der Waals surface area contributed by atoms with E-state index in [1.165, 1.54) is 23.8 Å². The van der Waals surface area contributed by atoms with Crippen LogP contribution in [0, 0.1) is 5.92 Å². The summed E-state index contributed by atoms with van der Waals surface area (Å²) >= 11 is 0. The molecule has 1 N–H and O–H groups in total. The molecular formula is C24H29F3N2O2. The Morgan fingerprint density at radius 1 is 1.13 bits per heavy atom. The number of piperidine rings is 1. The van der Waals surface area contributed by atoms with E-state index in [0.29, 0.717) is 5.92 Å². The lowest BCUT2D eigenvalue weighted by Gasteiger charge is -2.35. The van der Waals surface area contributed by atoms with Gasteiger partial charge in [0.2, 0.25) is 5.91 Å². The van der Waals surface area contributed by atoms with Crippen LogP contribution in [0.2, 0.25) is 0 Å². The molecule has 1 saturated heterocycles. The molecule has 0 saturated carbocycles. The Morgan fingerprint density at radius 3 is 2.39 bits per heavy atom. The lowest BCUT2D eigenvalue weighted by atomic mass is 9.90. The van der Waals surface area contributed by atoms with Crippen LogP contribution < -0.4 is 10.1 Å². The van der Waals surface area contributed by atoms with Gasteiger partial charge in [-0.15, -0.1) is 0 Å². The number of nitrogens with zero attached hydrogens (tertiary/aromatic N) is 1. The SMILES string of the molecule is COc1ccc(CCC2CCN([C@H](C)C(=O)Nc3ccccc3C(F)(F)F)CC2)cc1. The standard InChI is InChI=1S/C24H29F3N2O2/c1-17(23(30)28-22-6-4-3-5-21(22)24(25,26)27)29-15-13-19(14-16-29)8-7-18-9-11-20(31-2)12-10-18/h3-6,9-12,17,19H,7-8,13-16H2,1-2H3,(H,28,30)/t17-/m1/s1. The fraction of sp³-hybridized carbons (Fsp3) is 0.458. The van der Waals surface area contributed by atoms with E-state index in [1.807, 2.05) is 12.1 Å². The highest BCUT2D eigenvalue weighted by Gasteiger charge is 2.34. The van der Waals surface area contributed by atoms with Crippen LogP contribution in [0.15, 0.2) is 48.5 Å². The van der Waals surface area contributed by atoms with E-state index >= 15 is 0 Å². The number of nitrogens with one attached hydrogen (secondary N) is 1. The Labute approximate surface area is 181 Å². The molecule has 1 amide bonds. The van der Waals surface area contributed by atoms with E-state index in [9.17, 15) is 18.0 Å². The van der Waals surface area contributed by atoms with Crippen molar-refractivity contribution in [3.63, 3.8) is 0 Å². The maximum atomic E-state index is 13.2. The molecule has 1 heterocycles. The van der Waals surface area contributed by atoms with Gasteiger partial charge in [0, 0.05) is 0 Å². The van der Waals surface area contributed by atoms with Crippen molar-refractivity contribution in [3.8, 4) is 5.75 Å². The summed E-state index contributed by atoms with van der Waals surface area (Å²) in [5, 5.41) is 2.47. The van der Waals surface area contributed by atoms with E-state index in [2.05, 4.69) is 22.3 Å². The van der Waals surface area contributed by atoms with Gasteiger partial charge in [0.1, 0.15) is 5.75 Å². The summed E-state index contributed by atoms with van der Waals surface area (Å²) < 4.78 is 44.7. The quantitative estimate of drug-likeness (QED) is 0.636. The predicted octanol–water partition coefficient (Wildman–Crippen LogP) is 5.39. The summed E-state index contributed by atoms with van der Waals surface area (Å²) in [6, 6.07) is 12.7. The first-order valence-electron chi connectivity index (χ1n) is 10.6. The number of hydrogen-bond donors (Lipinski definition) is 1. The normalized spacial score (nSPS) is 16.7. The van der Waals surface area contributed by atoms with Crippen LogP contribution in [0.3, 0.4) is 0 Å². The molecule has 0 unspecified atom stereocenters. The van der Waals surface area contributed by atoms with Gasteiger partial charge in [-0.3, -0.25) is 9.69 Å². The lowest BCUT2D eigenvalue weighted by Crippen LogP contribution is -2.46. The van der Waals surface area contributed by atoms with Gasteiger partial charge in [0.05, 0.1) is 24.4 Å². The Kier molecular flexibility index (Phi) is 7.59. The van der Waals surface area contributed by atoms with Crippen LogP contribution in [0.5, 0.6) is 5.75 Å². The van der Waals surface area contributed by atoms with Crippen molar-refractivity contribution in [2.24, 2.45) is 5.92 Å². The maximum absolute atomic E-state index is 13.2. The summed E-state index contributed by atoms with van der Waals surface area (Å²) in [4.78, 5) is 14.7. The number of benzene rings is 2. The molecule has 7 heteroatoms. The van der Waals surface area contributed by atoms with Crippen molar-refractivity contribution in [3.05, 3.63) is 59.7 Å². The van der Waals surface area contributed by atoms with Crippen LogP contribution in [-0.4, -0.2) is 37.0 Å². The van der Waals surface area contributed by atoms with Gasteiger partial charge in [-0.05, 0) is 81.4 Å². The first-order chi connectivity index (χ1) is 14.8. The number of alkyl halides is 3. The van der Waals surface area contributed by atoms with Crippen LogP contribution in [-0.2, 0) is 17.4 Å². The van der Waals surface area contributed by atoms with Crippen LogP contribution in [0.4, 0.5) is 18.9 Å². The number of likely N-dealkylation sites (tertiary alicyclic amines) is 1. The number of anilines is 1. The molecule has 4 nitrogen and oxygen atoms in total. The Bertz CT molecular complexity index is 860. The molecule has 31 heavy (non-hydrogen) atoms. The van der Waals surface area contributed by atoms with Gasteiger partial charge in [0.15, 0.2) is 0 Å². The minimum atomic E-state index is -4.50. The average molecular weight is 435 g/mol. The molecule has 3 rings (SSSR count). The fourth-order valence-electron chi connectivity index (χ4n) is 4.03. The third kappa shape index (κ3) is 6.23. The molecule has 2 aromatic carbocycles. The van der Waals surface area contributed by atoms with Gasteiger partial charge in [-0.1, -0.05) is 24.3 Å². The monoisotopic (exact) mass is 434 g/mol. The minimum Gasteiger partial charge on any atom is -0.497 e. The van der Waals surface area contributed by atoms with E-state index < -0.39 is 23.7 Å². The van der Waals surface area contributed by atoms with Gasteiger partial charge >= 0.3 is 6.18 Å². The van der Waals surface area contributed by atoms with Crippen molar-refractivity contribution in [2.45, 2.75) is 44.8 Å². The van der Waals surface area contributed by atoms with E-state index in [-0.39, 0.29) is 5.69 Å². The first-order valence-corrected chi connectivity index (χ1v) is 10.6. The fourth-order valence-corrected chi connectivity index (χ4v) is 4.03. The molecule has 2 aromatic rings. The Balaban J connectivity index is 1.48. The number of carbonyl (C=O) groups excluding carboxylic acids is 1. The highest BCUT2D eigenvalue weighted by Crippen LogP contribution is 2.34. The molecule has 0 aliphatic carbocycles. The summed E-state index contributed by atoms with van der Waals surface area (Å²) in [5.74, 6) is 1.02. The zero-order chi connectivity index (χ0) is 22.4. The Hall–Kier alpha value is -2.54. The van der Waals surface area contributed by atoms with Crippen LogP contribution in [0.25, 0.3) is 0 Å². The number of ether oxygens (including phenoxy) is 1. The summed E-state index contributed by atoms with van der Waals surface area (Å²) in [6.45, 7) is 3.29. The van der Waals surface area contributed by atoms with Gasteiger partial charge in [-0.2, -0.15) is 13.2 Å². The summed E-state index contributed by atoms with van der Waals surface area (Å²) in [5.41, 5.74) is 0.258. The molecule has 0 bridgehead atoms. The van der Waals surface area contributed by atoms with Crippen molar-refractivity contribution >= 4 is 11.6 Å². The number of halogens is 3. The smallest absolute Gasteiger partial charge is 0.418 e. The second-order valence-corrected chi connectivity index (χ2v) is 8.07. The number of methoxy groups -OCH3 is 1. The number of hydrogen-bond acceptors (Lipinski definition) is 3. The molecule has 1 atom stereocenters. The molecule has 0 radical (unpaired) electrons.